The van der Waals surface area contributed by atoms with Crippen LogP contribution in [0, 0.1) is 0 Å². The molecular weight excluding hydrogens is 296 g/mol. The van der Waals surface area contributed by atoms with E-state index in [1.807, 2.05) is 0 Å². The summed E-state index contributed by atoms with van der Waals surface area (Å²) in [6, 6.07) is 5.32. The highest BCUT2D eigenvalue weighted by Crippen LogP contribution is 2.34. The Morgan fingerprint density at radius 2 is 1.95 bits per heavy atom. The maximum absolute atomic E-state index is 11.1. The maximum Gasteiger partial charge on any atom is 0.336 e. The molecule has 0 amide bonds. The Morgan fingerprint density at radius 3 is 2.64 bits per heavy atom. The van der Waals surface area contributed by atoms with E-state index < -0.39 is 36.8 Å². The topological polar surface area (TPSA) is 130 Å². The highest BCUT2D eigenvalue weighted by molar-refractivity contribution is 5.80. The van der Waals surface area contributed by atoms with Crippen LogP contribution in [-0.4, -0.2) is 51.6 Å². The van der Waals surface area contributed by atoms with Gasteiger partial charge in [-0.3, -0.25) is 0 Å². The van der Waals surface area contributed by atoms with Crippen molar-refractivity contribution in [2.75, 3.05) is 6.61 Å². The van der Waals surface area contributed by atoms with E-state index in [0.717, 1.165) is 0 Å². The van der Waals surface area contributed by atoms with Crippen LogP contribution in [0.4, 0.5) is 0 Å². The van der Waals surface area contributed by atoms with Crippen LogP contribution in [-0.2, 0) is 4.74 Å². The fourth-order valence-corrected chi connectivity index (χ4v) is 2.27. The number of hydrogen-bond acceptors (Lipinski definition) is 8. The van der Waals surface area contributed by atoms with Crippen LogP contribution in [0.15, 0.2) is 33.5 Å². The second-order valence-electron chi connectivity index (χ2n) is 4.94. The van der Waals surface area contributed by atoms with Crippen molar-refractivity contribution in [3.05, 3.63) is 34.7 Å². The molecule has 4 atom stereocenters. The first kappa shape index (κ1) is 14.8. The van der Waals surface area contributed by atoms with Gasteiger partial charge < -0.3 is 34.3 Å². The molecule has 118 valence electrons. The molecular formula is C14H14O8. The molecule has 2 heterocycles. The summed E-state index contributed by atoms with van der Waals surface area (Å²) in [7, 11) is 0. The lowest BCUT2D eigenvalue weighted by atomic mass is 10.1. The largest absolute Gasteiger partial charge is 0.504 e. The molecule has 8 nitrogen and oxygen atoms in total. The second kappa shape index (κ2) is 5.58. The minimum Gasteiger partial charge on any atom is -0.504 e. The van der Waals surface area contributed by atoms with E-state index in [0.29, 0.717) is 5.39 Å². The zero-order chi connectivity index (χ0) is 15.9. The first-order valence-electron chi connectivity index (χ1n) is 6.55. The van der Waals surface area contributed by atoms with Crippen molar-refractivity contribution in [1.82, 2.24) is 0 Å². The Kier molecular flexibility index (Phi) is 3.75. The van der Waals surface area contributed by atoms with Crippen LogP contribution in [0.1, 0.15) is 0 Å². The smallest absolute Gasteiger partial charge is 0.336 e. The molecule has 0 saturated carbocycles. The number of aromatic hydroxyl groups is 1. The standard InChI is InChI=1S/C14H14O8/c15-5-10-12(18)13(19)14(22-10)21-9-3-6-1-2-11(17)20-8(6)4-7(9)16/h1-4,10,12-16,18-19H,5H2/t10-,12+,13-,14-/m1/s1. The summed E-state index contributed by atoms with van der Waals surface area (Å²) in [5.41, 5.74) is -0.373. The fraction of sp³-hybridized carbons (Fsp3) is 0.357. The zero-order valence-corrected chi connectivity index (χ0v) is 11.2. The van der Waals surface area contributed by atoms with E-state index in [4.69, 9.17) is 19.0 Å². The molecule has 1 saturated heterocycles. The van der Waals surface area contributed by atoms with Crippen molar-refractivity contribution < 1.29 is 34.3 Å². The lowest BCUT2D eigenvalue weighted by Gasteiger charge is -2.17. The highest BCUT2D eigenvalue weighted by Gasteiger charge is 2.44. The van der Waals surface area contributed by atoms with Gasteiger partial charge in [0.15, 0.2) is 11.5 Å². The molecule has 1 aliphatic heterocycles. The Morgan fingerprint density at radius 1 is 1.18 bits per heavy atom. The van der Waals surface area contributed by atoms with Crippen molar-refractivity contribution >= 4 is 11.0 Å². The van der Waals surface area contributed by atoms with E-state index in [2.05, 4.69) is 0 Å². The van der Waals surface area contributed by atoms with Gasteiger partial charge in [-0.2, -0.15) is 0 Å². The number of rotatable bonds is 3. The summed E-state index contributed by atoms with van der Waals surface area (Å²) < 4.78 is 15.4. The van der Waals surface area contributed by atoms with Gasteiger partial charge in [-0.15, -0.1) is 0 Å². The van der Waals surface area contributed by atoms with Crippen molar-refractivity contribution in [1.29, 1.82) is 0 Å². The minimum atomic E-state index is -1.37. The first-order valence-corrected chi connectivity index (χ1v) is 6.55. The average Bonchev–Trinajstić information content (AvgIpc) is 2.76. The summed E-state index contributed by atoms with van der Waals surface area (Å²) >= 11 is 0. The van der Waals surface area contributed by atoms with E-state index >= 15 is 0 Å². The van der Waals surface area contributed by atoms with Crippen LogP contribution >= 0.6 is 0 Å². The number of ether oxygens (including phenoxy) is 2. The van der Waals surface area contributed by atoms with E-state index in [1.54, 1.807) is 0 Å². The third-order valence-electron chi connectivity index (χ3n) is 3.44. The Balaban J connectivity index is 1.89. The molecule has 0 aliphatic carbocycles. The number of fused-ring (bicyclic) bond motifs is 1. The van der Waals surface area contributed by atoms with Crippen LogP contribution in [0.3, 0.4) is 0 Å². The molecule has 22 heavy (non-hydrogen) atoms. The summed E-state index contributed by atoms with van der Waals surface area (Å²) in [5, 5.41) is 38.9. The molecule has 8 heteroatoms. The molecule has 4 N–H and O–H groups in total. The molecule has 1 aromatic heterocycles. The Hall–Kier alpha value is -2.13. The molecule has 0 bridgehead atoms. The maximum atomic E-state index is 11.1. The fourth-order valence-electron chi connectivity index (χ4n) is 2.27. The van der Waals surface area contributed by atoms with Gasteiger partial charge in [-0.25, -0.2) is 4.79 Å². The normalized spacial score (nSPS) is 28.1. The molecule has 3 rings (SSSR count). The lowest BCUT2D eigenvalue weighted by molar-refractivity contribution is -0.117. The van der Waals surface area contributed by atoms with Gasteiger partial charge in [0.2, 0.25) is 6.29 Å². The summed E-state index contributed by atoms with van der Waals surface area (Å²) in [6.45, 7) is -0.479. The van der Waals surface area contributed by atoms with E-state index in [1.165, 1.54) is 24.3 Å². The lowest BCUT2D eigenvalue weighted by Crippen LogP contribution is -2.35. The van der Waals surface area contributed by atoms with Gasteiger partial charge >= 0.3 is 5.63 Å². The third kappa shape index (κ3) is 2.53. The highest BCUT2D eigenvalue weighted by atomic mass is 16.7. The SMILES string of the molecule is O=c1ccc2cc(O[C@@H]3O[C@H](CO)[C@H](O)[C@H]3O)c(O)cc2o1. The van der Waals surface area contributed by atoms with Crippen molar-refractivity contribution in [2.45, 2.75) is 24.6 Å². The van der Waals surface area contributed by atoms with Crippen LogP contribution < -0.4 is 10.4 Å². The number of aliphatic hydroxyl groups is 3. The summed E-state index contributed by atoms with van der Waals surface area (Å²) in [5.74, 6) is -0.337. The predicted octanol–water partition coefficient (Wildman–Crippen LogP) is -0.684. The number of hydrogen-bond donors (Lipinski definition) is 4. The van der Waals surface area contributed by atoms with Gasteiger partial charge in [0.25, 0.3) is 0 Å². The van der Waals surface area contributed by atoms with Gasteiger partial charge in [0, 0.05) is 17.5 Å². The van der Waals surface area contributed by atoms with Crippen molar-refractivity contribution in [3.8, 4) is 11.5 Å². The third-order valence-corrected chi connectivity index (χ3v) is 3.44. The monoisotopic (exact) mass is 310 g/mol. The van der Waals surface area contributed by atoms with Gasteiger partial charge in [0.1, 0.15) is 23.9 Å². The van der Waals surface area contributed by atoms with Crippen LogP contribution in [0.2, 0.25) is 0 Å². The van der Waals surface area contributed by atoms with Gasteiger partial charge in [-0.1, -0.05) is 0 Å². The quantitative estimate of drug-likeness (QED) is 0.549. The summed E-state index contributed by atoms with van der Waals surface area (Å²) in [4.78, 5) is 11.1. The molecule has 0 spiro atoms. The number of phenolic OH excluding ortho intramolecular Hbond substituents is 1. The number of benzene rings is 1. The molecule has 0 radical (unpaired) electrons. The molecule has 2 aromatic rings. The van der Waals surface area contributed by atoms with Crippen LogP contribution in [0.25, 0.3) is 11.0 Å². The Bertz CT molecular complexity index is 739. The average molecular weight is 310 g/mol. The van der Waals surface area contributed by atoms with Crippen molar-refractivity contribution in [3.63, 3.8) is 0 Å². The van der Waals surface area contributed by atoms with E-state index in [-0.39, 0.29) is 17.1 Å². The minimum absolute atomic E-state index is 0.0174. The molecule has 1 aliphatic rings. The molecule has 1 fully saturated rings. The predicted molar refractivity (Wildman–Crippen MR) is 72.5 cm³/mol. The van der Waals surface area contributed by atoms with Gasteiger partial charge in [-0.05, 0) is 12.1 Å². The number of phenols is 1. The number of aliphatic hydroxyl groups excluding tert-OH is 3. The van der Waals surface area contributed by atoms with Gasteiger partial charge in [0.05, 0.1) is 6.61 Å². The summed E-state index contributed by atoms with van der Waals surface area (Å²) in [6.07, 6.45) is -4.89. The molecule has 0 unspecified atom stereocenters. The van der Waals surface area contributed by atoms with E-state index in [9.17, 15) is 20.1 Å². The molecule has 1 aromatic carbocycles. The van der Waals surface area contributed by atoms with Crippen molar-refractivity contribution in [2.24, 2.45) is 0 Å². The second-order valence-corrected chi connectivity index (χ2v) is 4.94. The first-order chi connectivity index (χ1) is 10.5. The van der Waals surface area contributed by atoms with Crippen LogP contribution in [0.5, 0.6) is 11.5 Å². The Labute approximate surface area is 123 Å². The zero-order valence-electron chi connectivity index (χ0n) is 11.2.